The summed E-state index contributed by atoms with van der Waals surface area (Å²) in [5.74, 6) is 0. The summed E-state index contributed by atoms with van der Waals surface area (Å²) < 4.78 is 5.07. The van der Waals surface area contributed by atoms with E-state index < -0.39 is 0 Å². The van der Waals surface area contributed by atoms with Crippen LogP contribution in [0.4, 0.5) is 0 Å². The lowest BCUT2D eigenvalue weighted by molar-refractivity contribution is 0.547. The number of nitrogens with zero attached hydrogens (tertiary/aromatic N) is 1. The van der Waals surface area contributed by atoms with Crippen LogP contribution in [0, 0.1) is 6.92 Å². The van der Waals surface area contributed by atoms with Crippen LogP contribution >= 0.6 is 0 Å². The van der Waals surface area contributed by atoms with Gasteiger partial charge >= 0.3 is 0 Å². The summed E-state index contributed by atoms with van der Waals surface area (Å²) in [4.78, 5) is 4.40. The van der Waals surface area contributed by atoms with Crippen molar-refractivity contribution in [3.05, 3.63) is 53.7 Å². The first-order valence-electron chi connectivity index (χ1n) is 5.40. The molecule has 0 radical (unpaired) electrons. The molecule has 0 amide bonds. The highest BCUT2D eigenvalue weighted by Crippen LogP contribution is 2.17. The maximum absolute atomic E-state index is 5.07. The van der Waals surface area contributed by atoms with E-state index in [1.165, 1.54) is 11.1 Å². The van der Waals surface area contributed by atoms with E-state index in [2.05, 4.69) is 23.3 Å². The van der Waals surface area contributed by atoms with Crippen molar-refractivity contribution in [3.63, 3.8) is 0 Å². The Hall–Kier alpha value is -1.61. The fourth-order valence-electron chi connectivity index (χ4n) is 1.75. The van der Waals surface area contributed by atoms with E-state index in [4.69, 9.17) is 4.42 Å². The molecule has 3 heteroatoms. The molecule has 0 aliphatic carbocycles. The molecule has 1 N–H and O–H groups in total. The number of furan rings is 1. The van der Waals surface area contributed by atoms with Gasteiger partial charge in [-0.05, 0) is 49.7 Å². The van der Waals surface area contributed by atoms with E-state index in [0.29, 0.717) is 0 Å². The number of hydrogen-bond donors (Lipinski definition) is 1. The molecule has 0 saturated carbocycles. The Bertz CT molecular complexity index is 437. The van der Waals surface area contributed by atoms with Gasteiger partial charge in [-0.1, -0.05) is 0 Å². The van der Waals surface area contributed by atoms with Gasteiger partial charge in [-0.3, -0.25) is 4.98 Å². The van der Waals surface area contributed by atoms with Crippen LogP contribution in [0.3, 0.4) is 0 Å². The molecular formula is C13H16N2O. The van der Waals surface area contributed by atoms with Crippen LogP contribution in [0.15, 0.2) is 41.3 Å². The molecule has 2 aromatic rings. The van der Waals surface area contributed by atoms with E-state index in [-0.39, 0.29) is 6.04 Å². The first-order valence-corrected chi connectivity index (χ1v) is 5.40. The van der Waals surface area contributed by atoms with E-state index in [1.54, 1.807) is 12.5 Å². The van der Waals surface area contributed by atoms with Gasteiger partial charge in [0.05, 0.1) is 24.3 Å². The summed E-state index contributed by atoms with van der Waals surface area (Å²) in [6.45, 7) is 2.08. The van der Waals surface area contributed by atoms with Crippen molar-refractivity contribution < 1.29 is 4.42 Å². The predicted molar refractivity (Wildman–Crippen MR) is 63.2 cm³/mol. The number of rotatable bonds is 4. The summed E-state index contributed by atoms with van der Waals surface area (Å²) in [5.41, 5.74) is 3.49. The molecule has 0 fully saturated rings. The average Bonchev–Trinajstić information content (AvgIpc) is 2.78. The van der Waals surface area contributed by atoms with Crippen molar-refractivity contribution in [2.75, 3.05) is 7.05 Å². The quantitative estimate of drug-likeness (QED) is 0.853. The van der Waals surface area contributed by atoms with Gasteiger partial charge in [0.15, 0.2) is 0 Å². The predicted octanol–water partition coefficient (Wildman–Crippen LogP) is 2.49. The monoisotopic (exact) mass is 216 g/mol. The average molecular weight is 216 g/mol. The number of aromatic nitrogens is 1. The molecule has 0 saturated heterocycles. The molecule has 3 nitrogen and oxygen atoms in total. The maximum atomic E-state index is 5.07. The van der Waals surface area contributed by atoms with Gasteiger partial charge in [-0.15, -0.1) is 0 Å². The van der Waals surface area contributed by atoms with Gasteiger partial charge < -0.3 is 9.73 Å². The third kappa shape index (κ3) is 2.49. The fraction of sp³-hybridized carbons (Fsp3) is 0.308. The van der Waals surface area contributed by atoms with Crippen LogP contribution in [-0.4, -0.2) is 12.0 Å². The van der Waals surface area contributed by atoms with Crippen LogP contribution in [0.25, 0.3) is 0 Å². The summed E-state index contributed by atoms with van der Waals surface area (Å²) in [6, 6.07) is 6.34. The Balaban J connectivity index is 2.16. The molecule has 0 aliphatic rings. The van der Waals surface area contributed by atoms with Crippen molar-refractivity contribution in [1.29, 1.82) is 0 Å². The Labute approximate surface area is 95.5 Å². The van der Waals surface area contributed by atoms with Crippen molar-refractivity contribution in [2.45, 2.75) is 19.4 Å². The van der Waals surface area contributed by atoms with Crippen LogP contribution in [0.2, 0.25) is 0 Å². The van der Waals surface area contributed by atoms with Crippen molar-refractivity contribution in [1.82, 2.24) is 10.3 Å². The molecule has 2 rings (SSSR count). The van der Waals surface area contributed by atoms with E-state index in [0.717, 1.165) is 12.1 Å². The third-order valence-corrected chi connectivity index (χ3v) is 2.66. The molecule has 0 bridgehead atoms. The van der Waals surface area contributed by atoms with Gasteiger partial charge in [0, 0.05) is 6.20 Å². The van der Waals surface area contributed by atoms with Gasteiger partial charge in [0.2, 0.25) is 0 Å². The van der Waals surface area contributed by atoms with Gasteiger partial charge in [-0.25, -0.2) is 0 Å². The highest BCUT2D eigenvalue weighted by Gasteiger charge is 2.12. The van der Waals surface area contributed by atoms with Crippen LogP contribution < -0.4 is 5.32 Å². The SMILES string of the molecule is CNC(Cc1ccoc1)c1cc(C)ccn1. The minimum Gasteiger partial charge on any atom is -0.472 e. The first kappa shape index (κ1) is 10.9. The topological polar surface area (TPSA) is 38.1 Å². The lowest BCUT2D eigenvalue weighted by Gasteiger charge is -2.14. The summed E-state index contributed by atoms with van der Waals surface area (Å²) in [7, 11) is 1.95. The first-order chi connectivity index (χ1) is 7.79. The molecular weight excluding hydrogens is 200 g/mol. The molecule has 2 aromatic heterocycles. The molecule has 0 aliphatic heterocycles. The lowest BCUT2D eigenvalue weighted by Crippen LogP contribution is -2.19. The molecule has 0 aromatic carbocycles. The molecule has 0 spiro atoms. The second-order valence-electron chi connectivity index (χ2n) is 3.94. The number of likely N-dealkylation sites (N-methyl/N-ethyl adjacent to an activating group) is 1. The van der Waals surface area contributed by atoms with Crippen LogP contribution in [-0.2, 0) is 6.42 Å². The smallest absolute Gasteiger partial charge is 0.0935 e. The van der Waals surface area contributed by atoms with Gasteiger partial charge in [0.1, 0.15) is 0 Å². The van der Waals surface area contributed by atoms with E-state index >= 15 is 0 Å². The largest absolute Gasteiger partial charge is 0.472 e. The summed E-state index contributed by atoms with van der Waals surface area (Å²) in [5, 5.41) is 3.28. The maximum Gasteiger partial charge on any atom is 0.0935 e. The number of nitrogens with one attached hydrogen (secondary N) is 1. The molecule has 1 atom stereocenters. The Kier molecular flexibility index (Phi) is 3.37. The summed E-state index contributed by atoms with van der Waals surface area (Å²) >= 11 is 0. The number of aryl methyl sites for hydroxylation is 1. The number of hydrogen-bond acceptors (Lipinski definition) is 3. The third-order valence-electron chi connectivity index (χ3n) is 2.66. The molecule has 84 valence electrons. The Morgan fingerprint density at radius 1 is 1.44 bits per heavy atom. The van der Waals surface area contributed by atoms with Crippen molar-refractivity contribution in [2.24, 2.45) is 0 Å². The molecule has 2 heterocycles. The van der Waals surface area contributed by atoms with E-state index in [1.807, 2.05) is 25.4 Å². The standard InChI is InChI=1S/C13H16N2O/c1-10-3-5-15-13(7-10)12(14-2)8-11-4-6-16-9-11/h3-7,9,12,14H,8H2,1-2H3. The second-order valence-corrected chi connectivity index (χ2v) is 3.94. The second kappa shape index (κ2) is 4.94. The normalized spacial score (nSPS) is 12.6. The van der Waals surface area contributed by atoms with Gasteiger partial charge in [0.25, 0.3) is 0 Å². The van der Waals surface area contributed by atoms with Crippen molar-refractivity contribution in [3.8, 4) is 0 Å². The van der Waals surface area contributed by atoms with Crippen LogP contribution in [0.5, 0.6) is 0 Å². The zero-order valence-electron chi connectivity index (χ0n) is 9.60. The van der Waals surface area contributed by atoms with Crippen LogP contribution in [0.1, 0.15) is 22.9 Å². The van der Waals surface area contributed by atoms with E-state index in [9.17, 15) is 0 Å². The minimum atomic E-state index is 0.234. The fourth-order valence-corrected chi connectivity index (χ4v) is 1.75. The lowest BCUT2D eigenvalue weighted by atomic mass is 10.0. The highest BCUT2D eigenvalue weighted by molar-refractivity contribution is 5.19. The zero-order valence-corrected chi connectivity index (χ0v) is 9.60. The molecule has 1 unspecified atom stereocenters. The Morgan fingerprint density at radius 3 is 2.94 bits per heavy atom. The minimum absolute atomic E-state index is 0.234. The highest BCUT2D eigenvalue weighted by atomic mass is 16.3. The van der Waals surface area contributed by atoms with Gasteiger partial charge in [-0.2, -0.15) is 0 Å². The Morgan fingerprint density at radius 2 is 2.31 bits per heavy atom. The zero-order chi connectivity index (χ0) is 11.4. The van der Waals surface area contributed by atoms with Crippen molar-refractivity contribution >= 4 is 0 Å². The summed E-state index contributed by atoms with van der Waals surface area (Å²) in [6.07, 6.45) is 6.22. The molecule has 16 heavy (non-hydrogen) atoms. The number of pyridine rings is 1.